The summed E-state index contributed by atoms with van der Waals surface area (Å²) in [6, 6.07) is 16.5. The number of aryl methyl sites for hydroxylation is 2. The third-order valence-electron chi connectivity index (χ3n) is 4.61. The monoisotopic (exact) mass is 323 g/mol. The predicted molar refractivity (Wildman–Crippen MR) is 96.1 cm³/mol. The molecule has 0 aromatic heterocycles. The molecular formula is C21H25NO2. The molecule has 1 aliphatic rings. The SMILES string of the molecule is COc1ccc(C(NC(=O)CCc2cccc(C)c2)C2CC2)cc1. The lowest BCUT2D eigenvalue weighted by Crippen LogP contribution is -2.30. The van der Waals surface area contributed by atoms with E-state index in [0.717, 1.165) is 12.2 Å². The number of hydrogen-bond acceptors (Lipinski definition) is 2. The molecule has 0 bridgehead atoms. The minimum atomic E-state index is 0.126. The molecule has 3 rings (SSSR count). The van der Waals surface area contributed by atoms with Crippen molar-refractivity contribution in [1.29, 1.82) is 0 Å². The van der Waals surface area contributed by atoms with Crippen molar-refractivity contribution in [2.75, 3.05) is 7.11 Å². The van der Waals surface area contributed by atoms with Gasteiger partial charge in [0.25, 0.3) is 0 Å². The summed E-state index contributed by atoms with van der Waals surface area (Å²) >= 11 is 0. The van der Waals surface area contributed by atoms with E-state index < -0.39 is 0 Å². The molecule has 1 N–H and O–H groups in total. The molecule has 0 spiro atoms. The van der Waals surface area contributed by atoms with Gasteiger partial charge in [0.2, 0.25) is 5.91 Å². The molecule has 1 unspecified atom stereocenters. The number of carbonyl (C=O) groups excluding carboxylic acids is 1. The van der Waals surface area contributed by atoms with E-state index in [0.29, 0.717) is 12.3 Å². The first-order valence-electron chi connectivity index (χ1n) is 8.64. The van der Waals surface area contributed by atoms with E-state index in [4.69, 9.17) is 4.74 Å². The van der Waals surface area contributed by atoms with E-state index in [9.17, 15) is 4.79 Å². The number of carbonyl (C=O) groups is 1. The van der Waals surface area contributed by atoms with Gasteiger partial charge in [0.1, 0.15) is 5.75 Å². The Kier molecular flexibility index (Phi) is 5.19. The average molecular weight is 323 g/mol. The first-order chi connectivity index (χ1) is 11.7. The molecule has 2 aromatic carbocycles. The van der Waals surface area contributed by atoms with Crippen LogP contribution in [0, 0.1) is 12.8 Å². The third-order valence-corrected chi connectivity index (χ3v) is 4.61. The highest BCUT2D eigenvalue weighted by Gasteiger charge is 2.33. The Labute approximate surface area is 144 Å². The predicted octanol–water partition coefficient (Wildman–Crippen LogP) is 4.20. The van der Waals surface area contributed by atoms with E-state index in [1.165, 1.54) is 29.5 Å². The van der Waals surface area contributed by atoms with Crippen molar-refractivity contribution < 1.29 is 9.53 Å². The molecule has 24 heavy (non-hydrogen) atoms. The zero-order chi connectivity index (χ0) is 16.9. The van der Waals surface area contributed by atoms with Crippen LogP contribution < -0.4 is 10.1 Å². The number of methoxy groups -OCH3 is 1. The summed E-state index contributed by atoms with van der Waals surface area (Å²) in [5.74, 6) is 1.55. The Morgan fingerprint density at radius 1 is 1.21 bits per heavy atom. The molecule has 3 nitrogen and oxygen atoms in total. The maximum Gasteiger partial charge on any atom is 0.220 e. The number of hydrogen-bond donors (Lipinski definition) is 1. The Hall–Kier alpha value is -2.29. The molecule has 1 saturated carbocycles. The van der Waals surface area contributed by atoms with Crippen LogP contribution in [-0.2, 0) is 11.2 Å². The fourth-order valence-electron chi connectivity index (χ4n) is 3.09. The van der Waals surface area contributed by atoms with Crippen molar-refractivity contribution in [2.45, 2.75) is 38.6 Å². The van der Waals surface area contributed by atoms with Crippen LogP contribution in [0.1, 0.15) is 42.0 Å². The molecule has 1 fully saturated rings. The first kappa shape index (κ1) is 16.6. The van der Waals surface area contributed by atoms with E-state index in [1.807, 2.05) is 18.2 Å². The summed E-state index contributed by atoms with van der Waals surface area (Å²) in [5, 5.41) is 3.24. The van der Waals surface area contributed by atoms with Crippen LogP contribution in [0.2, 0.25) is 0 Å². The molecular weight excluding hydrogens is 298 g/mol. The molecule has 1 amide bonds. The number of nitrogens with one attached hydrogen (secondary N) is 1. The maximum absolute atomic E-state index is 12.4. The Morgan fingerprint density at radius 2 is 1.96 bits per heavy atom. The van der Waals surface area contributed by atoms with Crippen LogP contribution in [0.25, 0.3) is 0 Å². The molecule has 3 heteroatoms. The second-order valence-electron chi connectivity index (χ2n) is 6.64. The van der Waals surface area contributed by atoms with Crippen molar-refractivity contribution in [2.24, 2.45) is 5.92 Å². The van der Waals surface area contributed by atoms with E-state index in [1.54, 1.807) is 7.11 Å². The molecule has 1 atom stereocenters. The Bertz CT molecular complexity index is 689. The van der Waals surface area contributed by atoms with Gasteiger partial charge in [0.05, 0.1) is 13.2 Å². The van der Waals surface area contributed by atoms with Gasteiger partial charge in [-0.15, -0.1) is 0 Å². The summed E-state index contributed by atoms with van der Waals surface area (Å²) in [6.45, 7) is 2.08. The van der Waals surface area contributed by atoms with Crippen molar-refractivity contribution >= 4 is 5.91 Å². The summed E-state index contributed by atoms with van der Waals surface area (Å²) in [7, 11) is 1.67. The van der Waals surface area contributed by atoms with Gasteiger partial charge in [0.15, 0.2) is 0 Å². The highest BCUT2D eigenvalue weighted by Crippen LogP contribution is 2.41. The highest BCUT2D eigenvalue weighted by atomic mass is 16.5. The minimum absolute atomic E-state index is 0.126. The summed E-state index contributed by atoms with van der Waals surface area (Å²) in [5.41, 5.74) is 3.63. The molecule has 0 radical (unpaired) electrons. The van der Waals surface area contributed by atoms with Crippen LogP contribution in [0.15, 0.2) is 48.5 Å². The molecule has 2 aromatic rings. The molecule has 0 heterocycles. The van der Waals surface area contributed by atoms with E-state index in [-0.39, 0.29) is 11.9 Å². The zero-order valence-corrected chi connectivity index (χ0v) is 14.4. The van der Waals surface area contributed by atoms with Gasteiger partial charge >= 0.3 is 0 Å². The van der Waals surface area contributed by atoms with Crippen molar-refractivity contribution in [3.8, 4) is 5.75 Å². The van der Waals surface area contributed by atoms with Gasteiger partial charge in [-0.2, -0.15) is 0 Å². The van der Waals surface area contributed by atoms with Crippen LogP contribution in [0.4, 0.5) is 0 Å². The van der Waals surface area contributed by atoms with Gasteiger partial charge in [-0.05, 0) is 55.4 Å². The van der Waals surface area contributed by atoms with Crippen LogP contribution in [0.5, 0.6) is 5.75 Å². The van der Waals surface area contributed by atoms with Gasteiger partial charge in [-0.3, -0.25) is 4.79 Å². The lowest BCUT2D eigenvalue weighted by atomic mass is 10.0. The summed E-state index contributed by atoms with van der Waals surface area (Å²) in [4.78, 5) is 12.4. The van der Waals surface area contributed by atoms with Crippen LogP contribution in [-0.4, -0.2) is 13.0 Å². The minimum Gasteiger partial charge on any atom is -0.497 e. The quantitative estimate of drug-likeness (QED) is 0.829. The zero-order valence-electron chi connectivity index (χ0n) is 14.4. The van der Waals surface area contributed by atoms with E-state index in [2.05, 4.69) is 42.6 Å². The number of amides is 1. The topological polar surface area (TPSA) is 38.3 Å². The number of ether oxygens (including phenoxy) is 1. The third kappa shape index (κ3) is 4.38. The molecule has 0 aliphatic heterocycles. The van der Waals surface area contributed by atoms with Crippen LogP contribution in [0.3, 0.4) is 0 Å². The lowest BCUT2D eigenvalue weighted by Gasteiger charge is -2.19. The Morgan fingerprint density at radius 3 is 2.58 bits per heavy atom. The van der Waals surface area contributed by atoms with E-state index >= 15 is 0 Å². The fourth-order valence-corrected chi connectivity index (χ4v) is 3.09. The second-order valence-corrected chi connectivity index (χ2v) is 6.64. The number of benzene rings is 2. The van der Waals surface area contributed by atoms with Crippen molar-refractivity contribution in [3.63, 3.8) is 0 Å². The van der Waals surface area contributed by atoms with Gasteiger partial charge in [-0.25, -0.2) is 0 Å². The lowest BCUT2D eigenvalue weighted by molar-refractivity contribution is -0.122. The highest BCUT2D eigenvalue weighted by molar-refractivity contribution is 5.76. The van der Waals surface area contributed by atoms with Crippen molar-refractivity contribution in [3.05, 3.63) is 65.2 Å². The molecule has 1 aliphatic carbocycles. The smallest absolute Gasteiger partial charge is 0.220 e. The largest absolute Gasteiger partial charge is 0.497 e. The summed E-state index contributed by atoms with van der Waals surface area (Å²) in [6.07, 6.45) is 3.69. The van der Waals surface area contributed by atoms with Crippen molar-refractivity contribution in [1.82, 2.24) is 5.32 Å². The normalized spacial score (nSPS) is 14.9. The Balaban J connectivity index is 1.59. The summed E-state index contributed by atoms with van der Waals surface area (Å²) < 4.78 is 5.22. The molecule has 126 valence electrons. The fraction of sp³-hybridized carbons (Fsp3) is 0.381. The maximum atomic E-state index is 12.4. The first-order valence-corrected chi connectivity index (χ1v) is 8.64. The van der Waals surface area contributed by atoms with Gasteiger partial charge in [0, 0.05) is 6.42 Å². The molecule has 0 saturated heterocycles. The van der Waals surface area contributed by atoms with Gasteiger partial charge < -0.3 is 10.1 Å². The average Bonchev–Trinajstić information content (AvgIpc) is 3.43. The second kappa shape index (κ2) is 7.52. The van der Waals surface area contributed by atoms with Crippen LogP contribution >= 0.6 is 0 Å². The number of rotatable bonds is 7. The van der Waals surface area contributed by atoms with Gasteiger partial charge in [-0.1, -0.05) is 42.0 Å². The standard InChI is InChI=1S/C21H25NO2/c1-15-4-3-5-16(14-15)6-13-20(23)22-21(17-7-8-17)18-9-11-19(24-2)12-10-18/h3-5,9-12,14,17,21H,6-8,13H2,1-2H3,(H,22,23).